The minimum atomic E-state index is 0.388. The van der Waals surface area contributed by atoms with Crippen molar-refractivity contribution in [3.8, 4) is 45.9 Å². The first-order chi connectivity index (χ1) is 25.1. The van der Waals surface area contributed by atoms with E-state index in [1.54, 1.807) is 0 Å². The topological polar surface area (TPSA) is 26.8 Å². The first-order valence-electron chi connectivity index (χ1n) is 19.4. The average Bonchev–Trinajstić information content (AvgIpc) is 3.57. The Morgan fingerprint density at radius 3 is 1.06 bits per heavy atom. The molecule has 4 heterocycles. The number of rotatable bonds is 10. The number of para-hydroxylation sites is 2. The zero-order valence-electron chi connectivity index (χ0n) is 34.6. The third-order valence-corrected chi connectivity index (χ3v) is 10.9. The smallest absolute Gasteiger partial charge is 0.348 e. The molecule has 276 valence electrons. The highest BCUT2D eigenvalue weighted by atomic mass is 16.5. The second-order valence-electron chi connectivity index (χ2n) is 16.2. The molecule has 6 rings (SSSR count). The lowest BCUT2D eigenvalue weighted by Gasteiger charge is -2.23. The Labute approximate surface area is 318 Å². The van der Waals surface area contributed by atoms with Gasteiger partial charge in [0, 0.05) is 23.5 Å². The van der Waals surface area contributed by atoms with Crippen molar-refractivity contribution < 1.29 is 13.9 Å². The standard InChI is InChI=1S/C48H60N4O/c1-29(2)37-19-15-20-38(30(3)4)47(37)51-35(11)27-33(9)45(51)41-23-17-25-43(49(41)13)53-44-26-18-24-42(50(44)14)46-34(10)28-36(12)52(46)48-39(31(5)6)21-16-22-40(48)32(7)8/h15-32H,1-14H3/q+2. The normalized spacial score (nSPS) is 11.9. The summed E-state index contributed by atoms with van der Waals surface area (Å²) >= 11 is 0. The molecule has 0 atom stereocenters. The Bertz CT molecular complexity index is 2080. The van der Waals surface area contributed by atoms with Crippen LogP contribution in [0.3, 0.4) is 0 Å². The van der Waals surface area contributed by atoms with Gasteiger partial charge >= 0.3 is 11.8 Å². The van der Waals surface area contributed by atoms with Crippen LogP contribution in [-0.2, 0) is 14.1 Å². The van der Waals surface area contributed by atoms with Crippen molar-refractivity contribution in [2.75, 3.05) is 0 Å². The summed E-state index contributed by atoms with van der Waals surface area (Å²) in [4.78, 5) is 0. The summed E-state index contributed by atoms with van der Waals surface area (Å²) < 4.78 is 16.3. The maximum absolute atomic E-state index is 6.90. The predicted molar refractivity (Wildman–Crippen MR) is 220 cm³/mol. The number of hydrogen-bond donors (Lipinski definition) is 0. The first-order valence-corrected chi connectivity index (χ1v) is 19.4. The molecular formula is C48H60N4O+2. The molecule has 0 fully saturated rings. The van der Waals surface area contributed by atoms with E-state index in [0.717, 1.165) is 23.1 Å². The van der Waals surface area contributed by atoms with Crippen molar-refractivity contribution in [2.45, 2.75) is 107 Å². The van der Waals surface area contributed by atoms with Crippen LogP contribution in [0.15, 0.2) is 84.9 Å². The van der Waals surface area contributed by atoms with Gasteiger partial charge in [0.25, 0.3) is 0 Å². The van der Waals surface area contributed by atoms with Gasteiger partial charge in [-0.2, -0.15) is 9.13 Å². The van der Waals surface area contributed by atoms with E-state index < -0.39 is 0 Å². The molecule has 0 aliphatic heterocycles. The second-order valence-corrected chi connectivity index (χ2v) is 16.2. The van der Waals surface area contributed by atoms with Crippen LogP contribution in [0, 0.1) is 27.7 Å². The molecule has 2 aromatic carbocycles. The van der Waals surface area contributed by atoms with Gasteiger partial charge in [-0.3, -0.25) is 0 Å². The van der Waals surface area contributed by atoms with Crippen molar-refractivity contribution in [3.05, 3.63) is 130 Å². The molecule has 0 unspecified atom stereocenters. The van der Waals surface area contributed by atoms with Crippen LogP contribution < -0.4 is 13.9 Å². The third-order valence-electron chi connectivity index (χ3n) is 10.9. The summed E-state index contributed by atoms with van der Waals surface area (Å²) in [6.45, 7) is 27.3. The molecular weight excluding hydrogens is 649 g/mol. The Morgan fingerprint density at radius 1 is 0.453 bits per heavy atom. The minimum Gasteiger partial charge on any atom is -0.348 e. The van der Waals surface area contributed by atoms with E-state index >= 15 is 0 Å². The predicted octanol–water partition coefficient (Wildman–Crippen LogP) is 11.8. The highest BCUT2D eigenvalue weighted by Crippen LogP contribution is 2.39. The fourth-order valence-electron chi connectivity index (χ4n) is 8.26. The van der Waals surface area contributed by atoms with E-state index in [2.05, 4.69) is 200 Å². The second kappa shape index (κ2) is 14.9. The molecule has 0 saturated carbocycles. The molecule has 6 aromatic rings. The molecule has 0 spiro atoms. The van der Waals surface area contributed by atoms with Gasteiger partial charge in [0.05, 0.1) is 23.5 Å². The maximum atomic E-state index is 6.90. The largest absolute Gasteiger partial charge is 0.377 e. The van der Waals surface area contributed by atoms with Gasteiger partial charge in [-0.1, -0.05) is 91.8 Å². The van der Waals surface area contributed by atoms with Crippen LogP contribution in [-0.4, -0.2) is 9.13 Å². The van der Waals surface area contributed by atoms with Gasteiger partial charge in [-0.25, -0.2) is 0 Å². The molecule has 0 amide bonds. The minimum absolute atomic E-state index is 0.388. The Morgan fingerprint density at radius 2 is 0.755 bits per heavy atom. The lowest BCUT2D eigenvalue weighted by Crippen LogP contribution is -2.37. The molecule has 0 saturated heterocycles. The van der Waals surface area contributed by atoms with Crippen molar-refractivity contribution >= 4 is 0 Å². The van der Waals surface area contributed by atoms with Gasteiger partial charge in [-0.15, -0.1) is 0 Å². The molecule has 5 nitrogen and oxygen atoms in total. The quantitative estimate of drug-likeness (QED) is 0.130. The van der Waals surface area contributed by atoms with E-state index in [1.165, 1.54) is 67.5 Å². The fraction of sp³-hybridized carbons (Fsp3) is 0.375. The van der Waals surface area contributed by atoms with Crippen LogP contribution in [0.25, 0.3) is 34.2 Å². The number of hydrogen-bond acceptors (Lipinski definition) is 1. The molecule has 53 heavy (non-hydrogen) atoms. The summed E-state index contributed by atoms with van der Waals surface area (Å²) in [6.07, 6.45) is 0. The summed E-state index contributed by atoms with van der Waals surface area (Å²) in [7, 11) is 4.24. The summed E-state index contributed by atoms with van der Waals surface area (Å²) in [6, 6.07) is 31.0. The zero-order valence-corrected chi connectivity index (χ0v) is 34.6. The van der Waals surface area contributed by atoms with Crippen LogP contribution in [0.1, 0.15) is 124 Å². The molecule has 0 N–H and O–H groups in total. The van der Waals surface area contributed by atoms with Gasteiger partial charge in [0.1, 0.15) is 25.5 Å². The third kappa shape index (κ3) is 6.75. The Hall–Kier alpha value is -4.90. The van der Waals surface area contributed by atoms with Gasteiger partial charge < -0.3 is 13.9 Å². The van der Waals surface area contributed by atoms with Crippen molar-refractivity contribution in [1.82, 2.24) is 9.13 Å². The number of benzene rings is 2. The zero-order chi connectivity index (χ0) is 38.5. The van der Waals surface area contributed by atoms with Gasteiger partial charge in [0.2, 0.25) is 11.4 Å². The van der Waals surface area contributed by atoms with E-state index in [0.29, 0.717) is 23.7 Å². The lowest BCUT2D eigenvalue weighted by atomic mass is 9.92. The molecule has 0 radical (unpaired) electrons. The number of aromatic nitrogens is 4. The SMILES string of the molecule is Cc1cc(C)n(-c2c(C(C)C)cccc2C(C)C)c1-c1cccc(Oc2cccc(-c3c(C)cc(C)n3-c3c(C(C)C)cccc3C(C)C)[n+]2C)[n+]1C. The summed E-state index contributed by atoms with van der Waals surface area (Å²) in [5.74, 6) is 3.10. The van der Waals surface area contributed by atoms with Crippen molar-refractivity contribution in [3.63, 3.8) is 0 Å². The molecule has 0 aliphatic rings. The van der Waals surface area contributed by atoms with Crippen LogP contribution >= 0.6 is 0 Å². The highest BCUT2D eigenvalue weighted by Gasteiger charge is 2.30. The molecule has 5 heteroatoms. The van der Waals surface area contributed by atoms with Crippen LogP contribution in [0.2, 0.25) is 0 Å². The number of nitrogens with zero attached hydrogens (tertiary/aromatic N) is 4. The Kier molecular flexibility index (Phi) is 10.6. The maximum Gasteiger partial charge on any atom is 0.377 e. The van der Waals surface area contributed by atoms with E-state index in [9.17, 15) is 0 Å². The lowest BCUT2D eigenvalue weighted by molar-refractivity contribution is -0.685. The summed E-state index contributed by atoms with van der Waals surface area (Å²) in [5, 5.41) is 0. The average molecular weight is 709 g/mol. The fourth-order valence-corrected chi connectivity index (χ4v) is 8.26. The molecule has 0 bridgehead atoms. The van der Waals surface area contributed by atoms with Crippen molar-refractivity contribution in [1.29, 1.82) is 0 Å². The summed E-state index contributed by atoms with van der Waals surface area (Å²) in [5.41, 5.74) is 17.6. The van der Waals surface area contributed by atoms with Gasteiger partial charge in [-0.05, 0) is 109 Å². The Balaban J connectivity index is 1.49. The van der Waals surface area contributed by atoms with Crippen LogP contribution in [0.5, 0.6) is 11.8 Å². The number of ether oxygens (including phenoxy) is 1. The van der Waals surface area contributed by atoms with Gasteiger partial charge in [0.15, 0.2) is 0 Å². The number of aryl methyl sites for hydroxylation is 4. The molecule has 0 aliphatic carbocycles. The number of pyridine rings is 2. The monoisotopic (exact) mass is 708 g/mol. The van der Waals surface area contributed by atoms with Crippen molar-refractivity contribution in [2.24, 2.45) is 14.1 Å². The van der Waals surface area contributed by atoms with E-state index in [-0.39, 0.29) is 0 Å². The van der Waals surface area contributed by atoms with E-state index in [4.69, 9.17) is 4.74 Å². The first kappa shape index (κ1) is 37.8. The van der Waals surface area contributed by atoms with E-state index in [1.807, 2.05) is 0 Å². The van der Waals surface area contributed by atoms with Crippen LogP contribution in [0.4, 0.5) is 0 Å². The molecule has 4 aromatic heterocycles. The highest BCUT2D eigenvalue weighted by molar-refractivity contribution is 5.68.